The van der Waals surface area contributed by atoms with Crippen LogP contribution in [-0.2, 0) is 21.3 Å². The topological polar surface area (TPSA) is 95.3 Å². The fourth-order valence-electron chi connectivity index (χ4n) is 3.99. The maximum Gasteiger partial charge on any atom is 0.287 e. The number of nitrogens with one attached hydrogen (secondary N) is 1. The highest BCUT2D eigenvalue weighted by Gasteiger charge is 2.26. The van der Waals surface area contributed by atoms with Crippen LogP contribution in [0, 0.1) is 0 Å². The molecule has 0 aliphatic carbocycles. The van der Waals surface area contributed by atoms with Gasteiger partial charge >= 0.3 is 0 Å². The number of carbonyl (C=O) groups excluding carboxylic acids is 1. The van der Waals surface area contributed by atoms with Gasteiger partial charge in [0.15, 0.2) is 5.76 Å². The Morgan fingerprint density at radius 3 is 2.44 bits per heavy atom. The molecule has 2 saturated heterocycles. The first-order chi connectivity index (χ1) is 15.5. The third kappa shape index (κ3) is 5.76. The van der Waals surface area contributed by atoms with Crippen molar-refractivity contribution in [3.8, 4) is 0 Å². The zero-order valence-electron chi connectivity index (χ0n) is 18.1. The summed E-state index contributed by atoms with van der Waals surface area (Å²) < 4.78 is 37.7. The molecule has 4 rings (SSSR count). The number of ether oxygens (including phenoxy) is 1. The van der Waals surface area contributed by atoms with Crippen LogP contribution in [0.5, 0.6) is 0 Å². The summed E-state index contributed by atoms with van der Waals surface area (Å²) >= 11 is 0. The van der Waals surface area contributed by atoms with Crippen LogP contribution in [0.25, 0.3) is 0 Å². The molecule has 2 aliphatic rings. The molecule has 2 aromatic rings. The van der Waals surface area contributed by atoms with Gasteiger partial charge < -0.3 is 14.5 Å². The Morgan fingerprint density at radius 2 is 1.72 bits per heavy atom. The number of furan rings is 1. The molecule has 0 bridgehead atoms. The number of amides is 1. The van der Waals surface area contributed by atoms with Crippen molar-refractivity contribution in [2.45, 2.75) is 11.4 Å². The minimum Gasteiger partial charge on any atom is -0.459 e. The first kappa shape index (κ1) is 22.9. The first-order valence-corrected chi connectivity index (χ1v) is 12.4. The van der Waals surface area contributed by atoms with Crippen molar-refractivity contribution in [2.75, 3.05) is 65.6 Å². The number of benzene rings is 1. The molecule has 1 N–H and O–H groups in total. The maximum absolute atomic E-state index is 12.9. The highest BCUT2D eigenvalue weighted by molar-refractivity contribution is 7.89. The van der Waals surface area contributed by atoms with E-state index in [2.05, 4.69) is 15.1 Å². The summed E-state index contributed by atoms with van der Waals surface area (Å²) in [6.45, 7) is 7.35. The zero-order valence-corrected chi connectivity index (χ0v) is 18.9. The predicted molar refractivity (Wildman–Crippen MR) is 119 cm³/mol. The van der Waals surface area contributed by atoms with Crippen LogP contribution in [0.15, 0.2) is 52.0 Å². The van der Waals surface area contributed by atoms with Gasteiger partial charge in [0, 0.05) is 58.9 Å². The fraction of sp³-hybridized carbons (Fsp3) is 0.500. The van der Waals surface area contributed by atoms with E-state index in [1.165, 1.54) is 10.6 Å². The summed E-state index contributed by atoms with van der Waals surface area (Å²) in [5, 5.41) is 2.87. The molecule has 0 unspecified atom stereocenters. The molecular weight excluding hydrogens is 432 g/mol. The Bertz CT molecular complexity index is 982. The van der Waals surface area contributed by atoms with E-state index in [4.69, 9.17) is 9.15 Å². The summed E-state index contributed by atoms with van der Waals surface area (Å²) in [7, 11) is -3.48. The van der Waals surface area contributed by atoms with E-state index in [0.29, 0.717) is 43.5 Å². The van der Waals surface area contributed by atoms with Crippen LogP contribution in [0.4, 0.5) is 0 Å². The fourth-order valence-corrected chi connectivity index (χ4v) is 5.47. The van der Waals surface area contributed by atoms with Crippen LogP contribution >= 0.6 is 0 Å². The molecule has 0 spiro atoms. The van der Waals surface area contributed by atoms with E-state index in [9.17, 15) is 13.2 Å². The Kier molecular flexibility index (Phi) is 7.59. The Morgan fingerprint density at radius 1 is 0.969 bits per heavy atom. The quantitative estimate of drug-likeness (QED) is 0.621. The molecule has 1 aromatic heterocycles. The van der Waals surface area contributed by atoms with Gasteiger partial charge in [-0.25, -0.2) is 8.42 Å². The number of rotatable bonds is 8. The minimum atomic E-state index is -3.48. The lowest BCUT2D eigenvalue weighted by atomic mass is 10.2. The van der Waals surface area contributed by atoms with Crippen LogP contribution in [-0.4, -0.2) is 94.0 Å². The van der Waals surface area contributed by atoms with E-state index in [-0.39, 0.29) is 5.91 Å². The molecule has 3 heterocycles. The number of hydrogen-bond acceptors (Lipinski definition) is 7. The lowest BCUT2D eigenvalue weighted by molar-refractivity contribution is 0.0730. The summed E-state index contributed by atoms with van der Waals surface area (Å²) in [5.74, 6) is 0.133. The Hall–Kier alpha value is -2.24. The molecule has 2 fully saturated rings. The number of nitrogens with zero attached hydrogens (tertiary/aromatic N) is 3. The second-order valence-corrected chi connectivity index (χ2v) is 9.95. The average molecular weight is 463 g/mol. The standard InChI is InChI=1S/C22H30N4O5S/c27-22(21-5-2-14-31-21)23-6-7-24-8-10-25(11-9-24)18-19-3-1-4-20(17-19)32(28,29)26-12-15-30-16-13-26/h1-5,14,17H,6-13,15-16,18H2,(H,23,27). The lowest BCUT2D eigenvalue weighted by Crippen LogP contribution is -2.48. The van der Waals surface area contributed by atoms with Crippen molar-refractivity contribution < 1.29 is 22.4 Å². The van der Waals surface area contributed by atoms with Crippen molar-refractivity contribution in [3.05, 3.63) is 54.0 Å². The number of hydrogen-bond donors (Lipinski definition) is 1. The summed E-state index contributed by atoms with van der Waals surface area (Å²) in [4.78, 5) is 16.9. The van der Waals surface area contributed by atoms with Gasteiger partial charge in [0.2, 0.25) is 10.0 Å². The highest BCUT2D eigenvalue weighted by atomic mass is 32.2. The van der Waals surface area contributed by atoms with Crippen molar-refractivity contribution in [1.82, 2.24) is 19.4 Å². The number of carbonyl (C=O) groups is 1. The summed E-state index contributed by atoms with van der Waals surface area (Å²) in [5.41, 5.74) is 0.999. The normalized spacial score (nSPS) is 19.1. The van der Waals surface area contributed by atoms with Gasteiger partial charge in [0.1, 0.15) is 0 Å². The van der Waals surface area contributed by atoms with Gasteiger partial charge in [0.25, 0.3) is 5.91 Å². The van der Waals surface area contributed by atoms with E-state index >= 15 is 0 Å². The van der Waals surface area contributed by atoms with Crippen LogP contribution in [0.2, 0.25) is 0 Å². The van der Waals surface area contributed by atoms with E-state index in [1.807, 2.05) is 12.1 Å². The molecular formula is C22H30N4O5S. The second kappa shape index (κ2) is 10.6. The monoisotopic (exact) mass is 462 g/mol. The summed E-state index contributed by atoms with van der Waals surface area (Å²) in [6.07, 6.45) is 1.49. The Labute approximate surface area is 189 Å². The SMILES string of the molecule is O=C(NCCN1CCN(Cc2cccc(S(=O)(=O)N3CCOCC3)c2)CC1)c1ccco1. The van der Waals surface area contributed by atoms with E-state index in [1.54, 1.807) is 24.3 Å². The van der Waals surface area contributed by atoms with Gasteiger partial charge in [-0.15, -0.1) is 0 Å². The number of piperazine rings is 1. The third-order valence-electron chi connectivity index (χ3n) is 5.84. The zero-order chi connectivity index (χ0) is 22.4. The van der Waals surface area contributed by atoms with E-state index < -0.39 is 10.0 Å². The van der Waals surface area contributed by atoms with Gasteiger partial charge in [0.05, 0.1) is 24.4 Å². The van der Waals surface area contributed by atoms with Crippen LogP contribution in [0.1, 0.15) is 16.1 Å². The Balaban J connectivity index is 1.24. The molecule has 1 amide bonds. The van der Waals surface area contributed by atoms with Crippen molar-refractivity contribution >= 4 is 15.9 Å². The van der Waals surface area contributed by atoms with Crippen molar-refractivity contribution in [3.63, 3.8) is 0 Å². The largest absolute Gasteiger partial charge is 0.459 e. The second-order valence-electron chi connectivity index (χ2n) is 8.01. The first-order valence-electron chi connectivity index (χ1n) is 11.0. The number of sulfonamides is 1. The molecule has 1 aromatic carbocycles. The molecule has 10 heteroatoms. The minimum absolute atomic E-state index is 0.194. The van der Waals surface area contributed by atoms with Crippen molar-refractivity contribution in [2.24, 2.45) is 0 Å². The van der Waals surface area contributed by atoms with Gasteiger partial charge in [-0.05, 0) is 29.8 Å². The molecule has 174 valence electrons. The van der Waals surface area contributed by atoms with Gasteiger partial charge in [-0.2, -0.15) is 4.31 Å². The molecule has 0 saturated carbocycles. The van der Waals surface area contributed by atoms with Crippen molar-refractivity contribution in [1.29, 1.82) is 0 Å². The lowest BCUT2D eigenvalue weighted by Gasteiger charge is -2.34. The average Bonchev–Trinajstić information content (AvgIpc) is 3.36. The molecule has 9 nitrogen and oxygen atoms in total. The number of morpholine rings is 1. The third-order valence-corrected chi connectivity index (χ3v) is 7.73. The summed E-state index contributed by atoms with van der Waals surface area (Å²) in [6, 6.07) is 10.6. The smallest absolute Gasteiger partial charge is 0.287 e. The van der Waals surface area contributed by atoms with Gasteiger partial charge in [-0.3, -0.25) is 14.6 Å². The van der Waals surface area contributed by atoms with E-state index in [0.717, 1.165) is 44.8 Å². The molecule has 0 atom stereocenters. The van der Waals surface area contributed by atoms with Crippen LogP contribution < -0.4 is 5.32 Å². The molecule has 32 heavy (non-hydrogen) atoms. The predicted octanol–water partition coefficient (Wildman–Crippen LogP) is 0.848. The molecule has 0 radical (unpaired) electrons. The highest BCUT2D eigenvalue weighted by Crippen LogP contribution is 2.19. The van der Waals surface area contributed by atoms with Crippen LogP contribution in [0.3, 0.4) is 0 Å². The van der Waals surface area contributed by atoms with Gasteiger partial charge in [-0.1, -0.05) is 12.1 Å². The maximum atomic E-state index is 12.9. The molecule has 2 aliphatic heterocycles.